The third kappa shape index (κ3) is 5.32. The minimum Gasteiger partial charge on any atom is -0.378 e. The summed E-state index contributed by atoms with van der Waals surface area (Å²) >= 11 is 0. The minimum atomic E-state index is -0.254. The fraction of sp³-hybridized carbons (Fsp3) is 0.429. The average molecular weight is 543 g/mol. The van der Waals surface area contributed by atoms with Gasteiger partial charge in [-0.25, -0.2) is 14.6 Å². The number of rotatable bonds is 6. The lowest BCUT2D eigenvalue weighted by Gasteiger charge is -2.36. The molecule has 1 unspecified atom stereocenters. The SMILES string of the molecule is Cc1n[nH]cc1Nc1nccc(-c2ccc3c(c2)CN(C2COC2)CCC3NC(=O)c2cn(C(C)(C)C)nn2)n1. The van der Waals surface area contributed by atoms with Crippen LogP contribution >= 0.6 is 0 Å². The van der Waals surface area contributed by atoms with E-state index >= 15 is 0 Å². The quantitative estimate of drug-likeness (QED) is 0.335. The molecule has 208 valence electrons. The molecule has 0 radical (unpaired) electrons. The molecule has 0 bridgehead atoms. The molecule has 3 N–H and O–H groups in total. The van der Waals surface area contributed by atoms with E-state index < -0.39 is 0 Å². The van der Waals surface area contributed by atoms with Crippen LogP contribution in [0.2, 0.25) is 0 Å². The number of nitrogens with one attached hydrogen (secondary N) is 3. The number of benzene rings is 1. The molecular formula is C28H34N10O2. The number of aromatic nitrogens is 7. The number of aromatic amines is 1. The summed E-state index contributed by atoms with van der Waals surface area (Å²) in [6.45, 7) is 11.1. The summed E-state index contributed by atoms with van der Waals surface area (Å²) in [6.07, 6.45) is 6.02. The molecule has 40 heavy (non-hydrogen) atoms. The van der Waals surface area contributed by atoms with Gasteiger partial charge in [-0.2, -0.15) is 5.10 Å². The minimum absolute atomic E-state index is 0.158. The summed E-state index contributed by atoms with van der Waals surface area (Å²) < 4.78 is 7.21. The van der Waals surface area contributed by atoms with E-state index in [1.165, 1.54) is 0 Å². The van der Waals surface area contributed by atoms with E-state index in [0.29, 0.717) is 17.7 Å². The van der Waals surface area contributed by atoms with Gasteiger partial charge >= 0.3 is 0 Å². The number of aryl methyl sites for hydroxylation is 1. The molecule has 0 saturated carbocycles. The summed E-state index contributed by atoms with van der Waals surface area (Å²) in [5.41, 5.74) is 5.79. The highest BCUT2D eigenvalue weighted by atomic mass is 16.5. The topological polar surface area (TPSA) is 139 Å². The van der Waals surface area contributed by atoms with Crippen LogP contribution in [0.1, 0.15) is 60.5 Å². The first-order valence-electron chi connectivity index (χ1n) is 13.5. The van der Waals surface area contributed by atoms with Gasteiger partial charge in [-0.3, -0.25) is 14.8 Å². The molecule has 5 heterocycles. The van der Waals surface area contributed by atoms with Gasteiger partial charge in [0.15, 0.2) is 5.69 Å². The molecule has 1 fully saturated rings. The standard InChI is InChI=1S/C28H34N10O2/c1-17-24(12-30-34-17)33-27-29-9-7-22(32-27)18-5-6-21-19(11-18)13-37(20-15-40-16-20)10-8-23(21)31-26(39)25-14-38(36-35-25)28(2,3)4/h5-7,9,11-12,14,20,23H,8,10,13,15-16H2,1-4H3,(H,30,34)(H,31,39)(H,29,32,33). The fourth-order valence-corrected chi connectivity index (χ4v) is 5.00. The van der Waals surface area contributed by atoms with Crippen molar-refractivity contribution in [3.63, 3.8) is 0 Å². The molecule has 12 heteroatoms. The van der Waals surface area contributed by atoms with Crippen molar-refractivity contribution in [3.05, 3.63) is 65.4 Å². The highest BCUT2D eigenvalue weighted by molar-refractivity contribution is 5.92. The zero-order valence-electron chi connectivity index (χ0n) is 23.2. The summed E-state index contributed by atoms with van der Waals surface area (Å²) in [6, 6.07) is 8.47. The van der Waals surface area contributed by atoms with Gasteiger partial charge < -0.3 is 15.4 Å². The van der Waals surface area contributed by atoms with E-state index in [1.807, 2.05) is 33.8 Å². The number of H-pyrrole nitrogens is 1. The Hall–Kier alpha value is -4.16. The van der Waals surface area contributed by atoms with Crippen molar-refractivity contribution in [1.29, 1.82) is 0 Å². The molecule has 1 aromatic carbocycles. The maximum absolute atomic E-state index is 13.2. The summed E-state index contributed by atoms with van der Waals surface area (Å²) in [7, 11) is 0. The number of amides is 1. The molecule has 1 saturated heterocycles. The van der Waals surface area contributed by atoms with Crippen molar-refractivity contribution in [2.45, 2.75) is 58.3 Å². The first-order valence-corrected chi connectivity index (χ1v) is 13.5. The van der Waals surface area contributed by atoms with Crippen molar-refractivity contribution >= 4 is 17.5 Å². The lowest BCUT2D eigenvalue weighted by molar-refractivity contribution is -0.0678. The highest BCUT2D eigenvalue weighted by Gasteiger charge is 2.32. The number of ether oxygens (including phenoxy) is 1. The smallest absolute Gasteiger partial charge is 0.273 e. The van der Waals surface area contributed by atoms with Crippen molar-refractivity contribution in [3.8, 4) is 11.3 Å². The molecule has 1 atom stereocenters. The predicted octanol–water partition coefficient (Wildman–Crippen LogP) is 3.34. The molecule has 1 amide bonds. The summed E-state index contributed by atoms with van der Waals surface area (Å²) in [5, 5.41) is 21.7. The second-order valence-corrected chi connectivity index (χ2v) is 11.4. The summed E-state index contributed by atoms with van der Waals surface area (Å²) in [5.74, 6) is 0.274. The third-order valence-corrected chi connectivity index (χ3v) is 7.48. The van der Waals surface area contributed by atoms with Crippen LogP contribution in [0.4, 0.5) is 11.6 Å². The molecule has 6 rings (SSSR count). The van der Waals surface area contributed by atoms with Gasteiger partial charge in [0, 0.05) is 31.0 Å². The van der Waals surface area contributed by atoms with Crippen molar-refractivity contribution < 1.29 is 9.53 Å². The number of nitrogens with zero attached hydrogens (tertiary/aromatic N) is 7. The van der Waals surface area contributed by atoms with E-state index in [4.69, 9.17) is 9.72 Å². The van der Waals surface area contributed by atoms with Crippen LogP contribution in [-0.4, -0.2) is 71.8 Å². The van der Waals surface area contributed by atoms with E-state index in [2.05, 4.69) is 59.2 Å². The van der Waals surface area contributed by atoms with E-state index in [-0.39, 0.29) is 17.5 Å². The Morgan fingerprint density at radius 3 is 2.75 bits per heavy atom. The predicted molar refractivity (Wildman–Crippen MR) is 149 cm³/mol. The average Bonchev–Trinajstić information content (AvgIpc) is 3.51. The molecule has 3 aromatic heterocycles. The van der Waals surface area contributed by atoms with Gasteiger partial charge in [-0.05, 0) is 57.4 Å². The maximum atomic E-state index is 13.2. The number of carbonyl (C=O) groups is 1. The van der Waals surface area contributed by atoms with Crippen LogP contribution in [0.5, 0.6) is 0 Å². The van der Waals surface area contributed by atoms with Crippen LogP contribution in [0.3, 0.4) is 0 Å². The van der Waals surface area contributed by atoms with E-state index in [9.17, 15) is 4.79 Å². The van der Waals surface area contributed by atoms with Crippen molar-refractivity contribution in [1.82, 2.24) is 45.4 Å². The molecule has 12 nitrogen and oxygen atoms in total. The molecule has 2 aliphatic heterocycles. The summed E-state index contributed by atoms with van der Waals surface area (Å²) in [4.78, 5) is 24.8. The first-order chi connectivity index (χ1) is 19.2. The molecular weight excluding hydrogens is 508 g/mol. The Bertz CT molecular complexity index is 1520. The van der Waals surface area contributed by atoms with Gasteiger partial charge in [0.25, 0.3) is 5.91 Å². The van der Waals surface area contributed by atoms with Crippen LogP contribution in [0, 0.1) is 6.92 Å². The second-order valence-electron chi connectivity index (χ2n) is 11.4. The fourth-order valence-electron chi connectivity index (χ4n) is 5.00. The van der Waals surface area contributed by atoms with Gasteiger partial charge in [0.1, 0.15) is 0 Å². The zero-order valence-corrected chi connectivity index (χ0v) is 23.2. The van der Waals surface area contributed by atoms with E-state index in [0.717, 1.165) is 66.5 Å². The van der Waals surface area contributed by atoms with Gasteiger partial charge in [0.2, 0.25) is 5.95 Å². The number of anilines is 2. The van der Waals surface area contributed by atoms with Crippen LogP contribution in [-0.2, 0) is 16.8 Å². The Kier molecular flexibility index (Phi) is 6.80. The number of carbonyl (C=O) groups excluding carboxylic acids is 1. The number of hydrogen-bond donors (Lipinski definition) is 3. The Morgan fingerprint density at radius 1 is 1.20 bits per heavy atom. The Balaban J connectivity index is 1.28. The second kappa shape index (κ2) is 10.4. The normalized spacial score (nSPS) is 18.1. The third-order valence-electron chi connectivity index (χ3n) is 7.48. The molecule has 0 spiro atoms. The van der Waals surface area contributed by atoms with E-state index in [1.54, 1.807) is 23.3 Å². The van der Waals surface area contributed by atoms with Gasteiger partial charge in [-0.15, -0.1) is 5.10 Å². The first kappa shape index (κ1) is 26.1. The van der Waals surface area contributed by atoms with Gasteiger partial charge in [0.05, 0.1) is 54.1 Å². The lowest BCUT2D eigenvalue weighted by Crippen LogP contribution is -2.48. The highest BCUT2D eigenvalue weighted by Crippen LogP contribution is 2.32. The number of hydrogen-bond acceptors (Lipinski definition) is 9. The monoisotopic (exact) mass is 542 g/mol. The van der Waals surface area contributed by atoms with Crippen LogP contribution in [0.15, 0.2) is 42.9 Å². The largest absolute Gasteiger partial charge is 0.378 e. The van der Waals surface area contributed by atoms with Crippen LogP contribution in [0.25, 0.3) is 11.3 Å². The molecule has 0 aliphatic carbocycles. The number of fused-ring (bicyclic) bond motifs is 1. The Labute approximate surface area is 232 Å². The maximum Gasteiger partial charge on any atom is 0.273 e. The van der Waals surface area contributed by atoms with Crippen LogP contribution < -0.4 is 10.6 Å². The molecule has 2 aliphatic rings. The van der Waals surface area contributed by atoms with Crippen molar-refractivity contribution in [2.75, 3.05) is 25.1 Å². The zero-order chi connectivity index (χ0) is 27.9. The molecule has 4 aromatic rings. The Morgan fingerprint density at radius 2 is 2.05 bits per heavy atom. The van der Waals surface area contributed by atoms with Crippen molar-refractivity contribution in [2.24, 2.45) is 0 Å². The lowest BCUT2D eigenvalue weighted by atomic mass is 9.96. The van der Waals surface area contributed by atoms with Gasteiger partial charge in [-0.1, -0.05) is 17.3 Å².